The Morgan fingerprint density at radius 2 is 1.77 bits per heavy atom. The maximum Gasteiger partial charge on any atom is 0.253 e. The minimum absolute atomic E-state index is 0.102. The lowest BCUT2D eigenvalue weighted by molar-refractivity contribution is 0.0952. The maximum absolute atomic E-state index is 12.6. The summed E-state index contributed by atoms with van der Waals surface area (Å²) in [5, 5.41) is 3.00. The van der Waals surface area contributed by atoms with Gasteiger partial charge in [-0.1, -0.05) is 13.8 Å². The van der Waals surface area contributed by atoms with Crippen LogP contribution in [-0.4, -0.2) is 42.7 Å². The summed E-state index contributed by atoms with van der Waals surface area (Å²) < 4.78 is 13.0. The van der Waals surface area contributed by atoms with E-state index in [-0.39, 0.29) is 5.91 Å². The van der Waals surface area contributed by atoms with Gasteiger partial charge < -0.3 is 19.4 Å². The first-order valence-electron chi connectivity index (χ1n) is 9.01. The predicted octanol–water partition coefficient (Wildman–Crippen LogP) is 2.89. The van der Waals surface area contributed by atoms with Crippen molar-refractivity contribution in [2.45, 2.75) is 33.9 Å². The fraction of sp³-hybridized carbons (Fsp3) is 0.450. The number of carbonyl (C=O) groups excluding carboxylic acids is 1. The van der Waals surface area contributed by atoms with E-state index < -0.39 is 0 Å². The molecule has 0 bridgehead atoms. The molecule has 6 heteroatoms. The zero-order valence-electron chi connectivity index (χ0n) is 16.2. The van der Waals surface area contributed by atoms with Crippen LogP contribution < -0.4 is 14.8 Å². The van der Waals surface area contributed by atoms with Gasteiger partial charge in [0.2, 0.25) is 0 Å². The summed E-state index contributed by atoms with van der Waals surface area (Å²) in [5.74, 6) is 1.07. The molecule has 1 N–H and O–H groups in total. The zero-order valence-corrected chi connectivity index (χ0v) is 16.2. The van der Waals surface area contributed by atoms with Gasteiger partial charge in [-0.15, -0.1) is 0 Å². The van der Waals surface area contributed by atoms with Gasteiger partial charge in [0.05, 0.1) is 32.0 Å². The molecule has 0 unspecified atom stereocenters. The first-order valence-corrected chi connectivity index (χ1v) is 9.01. The van der Waals surface area contributed by atoms with E-state index in [2.05, 4.69) is 41.6 Å². The first kappa shape index (κ1) is 18.3. The van der Waals surface area contributed by atoms with E-state index in [4.69, 9.17) is 9.47 Å². The van der Waals surface area contributed by atoms with E-state index in [0.29, 0.717) is 23.6 Å². The molecule has 1 aromatic heterocycles. The molecule has 0 aliphatic carbocycles. The Morgan fingerprint density at radius 3 is 2.38 bits per heavy atom. The van der Waals surface area contributed by atoms with Crippen LogP contribution in [0.1, 0.15) is 41.2 Å². The van der Waals surface area contributed by atoms with Crippen molar-refractivity contribution in [2.24, 2.45) is 0 Å². The number of benzene rings is 1. The molecule has 2 heterocycles. The van der Waals surface area contributed by atoms with Crippen LogP contribution in [0.5, 0.6) is 11.5 Å². The Kier molecular flexibility index (Phi) is 5.23. The lowest BCUT2D eigenvalue weighted by Crippen LogP contribution is -2.23. The number of hydrogen-bond acceptors (Lipinski definition) is 4. The molecular weight excluding hydrogens is 330 g/mol. The van der Waals surface area contributed by atoms with Gasteiger partial charge in [0.25, 0.3) is 5.91 Å². The summed E-state index contributed by atoms with van der Waals surface area (Å²) in [4.78, 5) is 15.0. The van der Waals surface area contributed by atoms with Gasteiger partial charge in [0, 0.05) is 24.0 Å². The highest BCUT2D eigenvalue weighted by Crippen LogP contribution is 2.35. The molecule has 0 saturated heterocycles. The molecular formula is C20H27N3O3. The monoisotopic (exact) mass is 357 g/mol. The molecule has 0 spiro atoms. The molecule has 1 amide bonds. The number of rotatable bonds is 6. The number of fused-ring (bicyclic) bond motifs is 3. The summed E-state index contributed by atoms with van der Waals surface area (Å²) in [6.07, 6.45) is 0. The number of nitrogens with zero attached hydrogens (tertiary/aromatic N) is 2. The summed E-state index contributed by atoms with van der Waals surface area (Å²) in [7, 11) is 3.18. The van der Waals surface area contributed by atoms with Gasteiger partial charge >= 0.3 is 0 Å². The number of methoxy groups -OCH3 is 2. The van der Waals surface area contributed by atoms with Crippen molar-refractivity contribution < 1.29 is 14.3 Å². The minimum Gasteiger partial charge on any atom is -0.493 e. The fourth-order valence-electron chi connectivity index (χ4n) is 3.54. The van der Waals surface area contributed by atoms with Crippen molar-refractivity contribution in [1.29, 1.82) is 0 Å². The van der Waals surface area contributed by atoms with Gasteiger partial charge in [-0.2, -0.15) is 0 Å². The van der Waals surface area contributed by atoms with Crippen molar-refractivity contribution in [1.82, 2.24) is 14.8 Å². The predicted molar refractivity (Wildman–Crippen MR) is 101 cm³/mol. The third kappa shape index (κ3) is 3.05. The highest BCUT2D eigenvalue weighted by Gasteiger charge is 2.25. The van der Waals surface area contributed by atoms with Crippen molar-refractivity contribution in [2.75, 3.05) is 27.3 Å². The molecule has 1 aliphatic rings. The van der Waals surface area contributed by atoms with E-state index in [1.54, 1.807) is 20.3 Å². The smallest absolute Gasteiger partial charge is 0.253 e. The standard InChI is InChI=1S/C20H27N3O3/c1-6-22(7-2)12-14-8-15-11-21-20(24)16-9-18(25-4)19(26-5)10-17(16)23(15)13(14)3/h8-10H,6-7,11-12H2,1-5H3,(H,21,24). The van der Waals surface area contributed by atoms with E-state index >= 15 is 0 Å². The Balaban J connectivity index is 2.16. The summed E-state index contributed by atoms with van der Waals surface area (Å²) in [5.41, 5.74) is 4.92. The fourth-order valence-corrected chi connectivity index (χ4v) is 3.54. The molecule has 0 radical (unpaired) electrons. The molecule has 1 aromatic carbocycles. The Hall–Kier alpha value is -2.47. The number of nitrogens with one attached hydrogen (secondary N) is 1. The van der Waals surface area contributed by atoms with E-state index in [0.717, 1.165) is 36.7 Å². The quantitative estimate of drug-likeness (QED) is 0.864. The third-order valence-electron chi connectivity index (χ3n) is 5.13. The van der Waals surface area contributed by atoms with Gasteiger partial charge in [-0.3, -0.25) is 9.69 Å². The van der Waals surface area contributed by atoms with Gasteiger partial charge in [0.1, 0.15) is 0 Å². The van der Waals surface area contributed by atoms with Crippen LogP contribution in [0.4, 0.5) is 0 Å². The molecule has 6 nitrogen and oxygen atoms in total. The minimum atomic E-state index is -0.102. The van der Waals surface area contributed by atoms with Crippen LogP contribution in [0.2, 0.25) is 0 Å². The topological polar surface area (TPSA) is 55.7 Å². The molecule has 1 aliphatic heterocycles. The number of ether oxygens (including phenoxy) is 2. The van der Waals surface area contributed by atoms with E-state index in [1.807, 2.05) is 6.07 Å². The molecule has 26 heavy (non-hydrogen) atoms. The lowest BCUT2D eigenvalue weighted by atomic mass is 10.1. The van der Waals surface area contributed by atoms with Crippen molar-refractivity contribution in [3.05, 3.63) is 40.7 Å². The van der Waals surface area contributed by atoms with Crippen LogP contribution in [0.3, 0.4) is 0 Å². The third-order valence-corrected chi connectivity index (χ3v) is 5.13. The SMILES string of the molecule is CCN(CC)Cc1cc2n(c1C)-c1cc(OC)c(OC)cc1C(=O)NC2. The Labute approximate surface area is 154 Å². The van der Waals surface area contributed by atoms with Crippen LogP contribution in [0, 0.1) is 6.92 Å². The molecule has 2 aromatic rings. The number of aromatic nitrogens is 1. The maximum atomic E-state index is 12.6. The summed E-state index contributed by atoms with van der Waals surface area (Å²) in [6, 6.07) is 5.83. The number of amides is 1. The average molecular weight is 357 g/mol. The van der Waals surface area contributed by atoms with Gasteiger partial charge in [0.15, 0.2) is 11.5 Å². The number of hydrogen-bond donors (Lipinski definition) is 1. The summed E-state index contributed by atoms with van der Waals surface area (Å²) >= 11 is 0. The van der Waals surface area contributed by atoms with Crippen molar-refractivity contribution in [3.63, 3.8) is 0 Å². The molecule has 0 atom stereocenters. The van der Waals surface area contributed by atoms with Gasteiger partial charge in [-0.25, -0.2) is 0 Å². The van der Waals surface area contributed by atoms with E-state index in [1.165, 1.54) is 5.56 Å². The normalized spacial score (nSPS) is 13.1. The average Bonchev–Trinajstić information content (AvgIpc) is 2.90. The molecule has 0 saturated carbocycles. The largest absolute Gasteiger partial charge is 0.493 e. The lowest BCUT2D eigenvalue weighted by Gasteiger charge is -2.19. The van der Waals surface area contributed by atoms with E-state index in [9.17, 15) is 4.79 Å². The molecule has 0 fully saturated rings. The molecule has 140 valence electrons. The highest BCUT2D eigenvalue weighted by molar-refractivity contribution is 5.99. The summed E-state index contributed by atoms with van der Waals surface area (Å²) in [6.45, 7) is 9.87. The first-order chi connectivity index (χ1) is 12.5. The van der Waals surface area contributed by atoms with Gasteiger partial charge in [-0.05, 0) is 37.7 Å². The Bertz CT molecular complexity index is 822. The zero-order chi connectivity index (χ0) is 18.8. The van der Waals surface area contributed by atoms with Crippen LogP contribution >= 0.6 is 0 Å². The molecule has 3 rings (SSSR count). The number of carbonyl (C=O) groups is 1. The highest BCUT2D eigenvalue weighted by atomic mass is 16.5. The second-order valence-corrected chi connectivity index (χ2v) is 6.45. The Morgan fingerprint density at radius 1 is 1.12 bits per heavy atom. The van der Waals surface area contributed by atoms with Crippen molar-refractivity contribution >= 4 is 5.91 Å². The van der Waals surface area contributed by atoms with Crippen LogP contribution in [0.15, 0.2) is 18.2 Å². The van der Waals surface area contributed by atoms with Crippen LogP contribution in [-0.2, 0) is 13.1 Å². The second kappa shape index (κ2) is 7.41. The van der Waals surface area contributed by atoms with Crippen molar-refractivity contribution in [3.8, 4) is 17.2 Å². The second-order valence-electron chi connectivity index (χ2n) is 6.45. The van der Waals surface area contributed by atoms with Crippen LogP contribution in [0.25, 0.3) is 5.69 Å².